The van der Waals surface area contributed by atoms with E-state index in [0.717, 1.165) is 11.1 Å². The number of aliphatic hydroxyl groups is 1. The van der Waals surface area contributed by atoms with E-state index in [2.05, 4.69) is 21.2 Å². The van der Waals surface area contributed by atoms with E-state index in [4.69, 9.17) is 9.47 Å². The smallest absolute Gasteiger partial charge is 0.259 e. The molecule has 0 bridgehead atoms. The van der Waals surface area contributed by atoms with Crippen LogP contribution in [-0.2, 0) is 11.3 Å². The fourth-order valence-corrected chi connectivity index (χ4v) is 3.34. The highest BCUT2D eigenvalue weighted by atomic mass is 79.9. The SMILES string of the molecule is CCOc1cc(CNC(C)C(O)c2ccc(O)cc2)cc(Br)c1OCC(=O)N(C)C. The Balaban J connectivity index is 2.08. The van der Waals surface area contributed by atoms with E-state index in [1.54, 1.807) is 38.4 Å². The Morgan fingerprint density at radius 2 is 1.87 bits per heavy atom. The molecule has 0 heterocycles. The second-order valence-electron chi connectivity index (χ2n) is 7.12. The number of carbonyl (C=O) groups is 1. The minimum Gasteiger partial charge on any atom is -0.508 e. The van der Waals surface area contributed by atoms with Crippen LogP contribution in [-0.4, -0.2) is 54.4 Å². The molecule has 0 aliphatic heterocycles. The molecule has 3 N–H and O–H groups in total. The number of nitrogens with zero attached hydrogens (tertiary/aromatic N) is 1. The van der Waals surface area contributed by atoms with Crippen LogP contribution in [0.1, 0.15) is 31.1 Å². The monoisotopic (exact) mass is 480 g/mol. The lowest BCUT2D eigenvalue weighted by molar-refractivity contribution is -0.130. The first-order valence-electron chi connectivity index (χ1n) is 9.71. The predicted molar refractivity (Wildman–Crippen MR) is 119 cm³/mol. The Morgan fingerprint density at radius 1 is 1.20 bits per heavy atom. The Kier molecular flexibility index (Phi) is 8.95. The van der Waals surface area contributed by atoms with Crippen LogP contribution in [0.25, 0.3) is 0 Å². The van der Waals surface area contributed by atoms with Crippen molar-refractivity contribution in [2.75, 3.05) is 27.3 Å². The average Bonchev–Trinajstić information content (AvgIpc) is 2.71. The number of nitrogens with one attached hydrogen (secondary N) is 1. The molecule has 30 heavy (non-hydrogen) atoms. The summed E-state index contributed by atoms with van der Waals surface area (Å²) in [5.41, 5.74) is 1.65. The molecule has 2 aromatic rings. The van der Waals surface area contributed by atoms with Crippen molar-refractivity contribution >= 4 is 21.8 Å². The molecule has 164 valence electrons. The Labute approximate surface area is 185 Å². The number of aliphatic hydroxyl groups excluding tert-OH is 1. The second-order valence-corrected chi connectivity index (χ2v) is 7.98. The molecule has 1 amide bonds. The molecular weight excluding hydrogens is 452 g/mol. The van der Waals surface area contributed by atoms with E-state index in [1.165, 1.54) is 4.90 Å². The molecule has 0 aromatic heterocycles. The molecule has 7 nitrogen and oxygen atoms in total. The summed E-state index contributed by atoms with van der Waals surface area (Å²) in [5, 5.41) is 23.2. The van der Waals surface area contributed by atoms with Crippen molar-refractivity contribution in [1.82, 2.24) is 10.2 Å². The summed E-state index contributed by atoms with van der Waals surface area (Å²) in [6.45, 7) is 4.63. The number of halogens is 1. The number of hydrogen-bond donors (Lipinski definition) is 3. The number of amides is 1. The topological polar surface area (TPSA) is 91.3 Å². The molecule has 0 aliphatic rings. The number of phenolic OH excluding ortho intramolecular Hbond substituents is 1. The third-order valence-corrected chi connectivity index (χ3v) is 5.13. The van der Waals surface area contributed by atoms with Crippen LogP contribution in [0.5, 0.6) is 17.2 Å². The van der Waals surface area contributed by atoms with Crippen molar-refractivity contribution in [3.63, 3.8) is 0 Å². The van der Waals surface area contributed by atoms with Crippen LogP contribution in [0.2, 0.25) is 0 Å². The van der Waals surface area contributed by atoms with Crippen LogP contribution in [0.3, 0.4) is 0 Å². The normalized spacial score (nSPS) is 12.9. The fourth-order valence-electron chi connectivity index (χ4n) is 2.74. The quantitative estimate of drug-likeness (QED) is 0.483. The average molecular weight is 481 g/mol. The zero-order valence-electron chi connectivity index (χ0n) is 17.7. The Hall–Kier alpha value is -2.29. The molecule has 0 radical (unpaired) electrons. The van der Waals surface area contributed by atoms with Crippen molar-refractivity contribution in [1.29, 1.82) is 0 Å². The first-order chi connectivity index (χ1) is 14.2. The fraction of sp³-hybridized carbons (Fsp3) is 0.409. The van der Waals surface area contributed by atoms with E-state index in [9.17, 15) is 15.0 Å². The Bertz CT molecular complexity index is 842. The van der Waals surface area contributed by atoms with Crippen molar-refractivity contribution < 1.29 is 24.5 Å². The summed E-state index contributed by atoms with van der Waals surface area (Å²) in [7, 11) is 3.35. The van der Waals surface area contributed by atoms with Crippen molar-refractivity contribution in [2.24, 2.45) is 0 Å². The lowest BCUT2D eigenvalue weighted by Gasteiger charge is -2.22. The van der Waals surface area contributed by atoms with Crippen molar-refractivity contribution in [3.8, 4) is 17.2 Å². The molecule has 2 unspecified atom stereocenters. The van der Waals surface area contributed by atoms with Gasteiger partial charge in [-0.1, -0.05) is 12.1 Å². The minimum absolute atomic E-state index is 0.0842. The van der Waals surface area contributed by atoms with Crippen LogP contribution < -0.4 is 14.8 Å². The van der Waals surface area contributed by atoms with E-state index in [-0.39, 0.29) is 24.3 Å². The van der Waals surface area contributed by atoms with Gasteiger partial charge in [-0.25, -0.2) is 0 Å². The maximum Gasteiger partial charge on any atom is 0.259 e. The number of aromatic hydroxyl groups is 1. The molecule has 0 saturated heterocycles. The highest BCUT2D eigenvalue weighted by Crippen LogP contribution is 2.37. The lowest BCUT2D eigenvalue weighted by atomic mass is 10.0. The molecule has 2 aromatic carbocycles. The van der Waals surface area contributed by atoms with Gasteiger partial charge in [0.2, 0.25) is 0 Å². The van der Waals surface area contributed by atoms with Gasteiger partial charge in [-0.05, 0) is 65.2 Å². The van der Waals surface area contributed by atoms with E-state index in [1.807, 2.05) is 26.0 Å². The summed E-state index contributed by atoms with van der Waals surface area (Å²) < 4.78 is 12.1. The number of rotatable bonds is 10. The molecule has 8 heteroatoms. The molecule has 0 aliphatic carbocycles. The first kappa shape index (κ1) is 24.0. The number of benzene rings is 2. The van der Waals surface area contributed by atoms with Gasteiger partial charge in [0.05, 0.1) is 17.2 Å². The molecular formula is C22H29BrN2O5. The van der Waals surface area contributed by atoms with Gasteiger partial charge >= 0.3 is 0 Å². The highest BCUT2D eigenvalue weighted by molar-refractivity contribution is 9.10. The summed E-state index contributed by atoms with van der Waals surface area (Å²) in [5.74, 6) is 1.04. The maximum absolute atomic E-state index is 11.8. The number of phenols is 1. The van der Waals surface area contributed by atoms with Gasteiger partial charge in [0, 0.05) is 26.7 Å². The molecule has 0 saturated carbocycles. The zero-order valence-corrected chi connectivity index (χ0v) is 19.3. The van der Waals surface area contributed by atoms with Gasteiger partial charge < -0.3 is 29.9 Å². The van der Waals surface area contributed by atoms with Gasteiger partial charge in [-0.15, -0.1) is 0 Å². The highest BCUT2D eigenvalue weighted by Gasteiger charge is 2.18. The third-order valence-electron chi connectivity index (χ3n) is 4.54. The summed E-state index contributed by atoms with van der Waals surface area (Å²) >= 11 is 3.50. The van der Waals surface area contributed by atoms with Crippen LogP contribution in [0.15, 0.2) is 40.9 Å². The predicted octanol–water partition coefficient (Wildman–Crippen LogP) is 3.23. The summed E-state index contributed by atoms with van der Waals surface area (Å²) in [6.07, 6.45) is -0.722. The molecule has 0 fully saturated rings. The van der Waals surface area contributed by atoms with E-state index in [0.29, 0.717) is 29.1 Å². The molecule has 2 rings (SSSR count). The van der Waals surface area contributed by atoms with Crippen LogP contribution in [0, 0.1) is 0 Å². The van der Waals surface area contributed by atoms with Gasteiger partial charge in [0.25, 0.3) is 5.91 Å². The van der Waals surface area contributed by atoms with E-state index >= 15 is 0 Å². The maximum atomic E-state index is 11.8. The molecule has 2 atom stereocenters. The summed E-state index contributed by atoms with van der Waals surface area (Å²) in [4.78, 5) is 13.3. The van der Waals surface area contributed by atoms with Crippen molar-refractivity contribution in [2.45, 2.75) is 32.5 Å². The third kappa shape index (κ3) is 6.62. The zero-order chi connectivity index (χ0) is 22.3. The first-order valence-corrected chi connectivity index (χ1v) is 10.5. The summed E-state index contributed by atoms with van der Waals surface area (Å²) in [6, 6.07) is 10.0. The number of ether oxygens (including phenoxy) is 2. The minimum atomic E-state index is -0.722. The lowest BCUT2D eigenvalue weighted by Crippen LogP contribution is -2.31. The van der Waals surface area contributed by atoms with Gasteiger partial charge in [0.1, 0.15) is 5.75 Å². The van der Waals surface area contributed by atoms with Gasteiger partial charge in [-0.2, -0.15) is 0 Å². The van der Waals surface area contributed by atoms with Crippen LogP contribution >= 0.6 is 15.9 Å². The van der Waals surface area contributed by atoms with Crippen molar-refractivity contribution in [3.05, 3.63) is 52.0 Å². The largest absolute Gasteiger partial charge is 0.508 e. The Morgan fingerprint density at radius 3 is 2.47 bits per heavy atom. The van der Waals surface area contributed by atoms with Crippen LogP contribution in [0.4, 0.5) is 0 Å². The standard InChI is InChI=1S/C22H29BrN2O5/c1-5-29-19-11-15(10-18(23)22(19)30-13-20(27)25(3)4)12-24-14(2)21(28)16-6-8-17(26)9-7-16/h6-11,14,21,24,26,28H,5,12-13H2,1-4H3. The molecule has 0 spiro atoms. The number of hydrogen-bond acceptors (Lipinski definition) is 6. The van der Waals surface area contributed by atoms with Gasteiger partial charge in [-0.3, -0.25) is 4.79 Å². The van der Waals surface area contributed by atoms with E-state index < -0.39 is 6.10 Å². The number of likely N-dealkylation sites (N-methyl/N-ethyl adjacent to an activating group) is 1. The number of carbonyl (C=O) groups excluding carboxylic acids is 1. The van der Waals surface area contributed by atoms with Gasteiger partial charge in [0.15, 0.2) is 18.1 Å². The second kappa shape index (κ2) is 11.2.